The lowest BCUT2D eigenvalue weighted by atomic mass is 9.53. The van der Waals surface area contributed by atoms with Crippen LogP contribution in [-0.4, -0.2) is 48.7 Å². The fraction of sp³-hybridized carbons (Fsp3) is 0.448. The molecule has 1 amide bonds. The van der Waals surface area contributed by atoms with E-state index in [1.165, 1.54) is 16.0 Å². The monoisotopic (exact) mass is 475 g/mol. The third-order valence-electron chi connectivity index (χ3n) is 7.49. The number of benzene rings is 2. The molecule has 2 aromatic carbocycles. The Bertz CT molecular complexity index is 1150. The topological polar surface area (TPSA) is 76.1 Å². The first kappa shape index (κ1) is 24.8. The summed E-state index contributed by atoms with van der Waals surface area (Å²) in [6.45, 7) is 2.29. The summed E-state index contributed by atoms with van der Waals surface area (Å²) in [6.07, 6.45) is 5.06. The van der Waals surface area contributed by atoms with E-state index in [0.29, 0.717) is 30.8 Å². The van der Waals surface area contributed by atoms with Crippen molar-refractivity contribution in [1.82, 2.24) is 4.90 Å². The molecule has 6 heteroatoms. The summed E-state index contributed by atoms with van der Waals surface area (Å²) in [6, 6.07) is 13.1. The molecule has 0 bridgehead atoms. The summed E-state index contributed by atoms with van der Waals surface area (Å²) in [5.41, 5.74) is 1.96. The van der Waals surface area contributed by atoms with Crippen LogP contribution < -0.4 is 9.47 Å². The quantitative estimate of drug-likeness (QED) is 0.481. The van der Waals surface area contributed by atoms with Gasteiger partial charge in [-0.25, -0.2) is 4.79 Å². The molecule has 1 saturated carbocycles. The van der Waals surface area contributed by atoms with Gasteiger partial charge in [0.1, 0.15) is 23.4 Å². The number of carbonyl (C=O) groups excluding carboxylic acids is 2. The van der Waals surface area contributed by atoms with Crippen LogP contribution in [0, 0.1) is 17.8 Å². The van der Waals surface area contributed by atoms with E-state index >= 15 is 0 Å². The molecule has 4 rings (SSSR count). The van der Waals surface area contributed by atoms with Gasteiger partial charge in [0.15, 0.2) is 0 Å². The van der Waals surface area contributed by atoms with Gasteiger partial charge in [-0.1, -0.05) is 12.0 Å². The number of aldehydes is 1. The van der Waals surface area contributed by atoms with Gasteiger partial charge >= 0.3 is 6.09 Å². The van der Waals surface area contributed by atoms with Gasteiger partial charge < -0.3 is 19.5 Å². The van der Waals surface area contributed by atoms with Crippen molar-refractivity contribution in [2.75, 3.05) is 20.7 Å². The Morgan fingerprint density at radius 2 is 1.91 bits per heavy atom. The molecular formula is C29H33NO5. The molecule has 0 saturated heterocycles. The van der Waals surface area contributed by atoms with Crippen molar-refractivity contribution in [2.24, 2.45) is 5.92 Å². The minimum atomic E-state index is -0.951. The fourth-order valence-electron chi connectivity index (χ4n) is 5.72. The second kappa shape index (κ2) is 10.1. The molecule has 35 heavy (non-hydrogen) atoms. The van der Waals surface area contributed by atoms with Crippen LogP contribution in [0.5, 0.6) is 11.5 Å². The molecule has 0 spiro atoms. The van der Waals surface area contributed by atoms with Gasteiger partial charge in [0, 0.05) is 25.1 Å². The first-order valence-corrected chi connectivity index (χ1v) is 12.2. The normalized spacial score (nSPS) is 24.7. The smallest absolute Gasteiger partial charge is 0.414 e. The summed E-state index contributed by atoms with van der Waals surface area (Å²) in [5.74, 6) is 7.51. The van der Waals surface area contributed by atoms with Crippen molar-refractivity contribution in [3.8, 4) is 23.3 Å². The maximum atomic E-state index is 12.0. The minimum absolute atomic E-state index is 0.151. The van der Waals surface area contributed by atoms with Crippen LogP contribution in [0.2, 0.25) is 0 Å². The van der Waals surface area contributed by atoms with Crippen molar-refractivity contribution >= 4 is 12.4 Å². The maximum Gasteiger partial charge on any atom is 0.414 e. The molecule has 0 aromatic heterocycles. The first-order valence-electron chi connectivity index (χ1n) is 12.2. The molecule has 0 heterocycles. The van der Waals surface area contributed by atoms with Crippen LogP contribution in [0.4, 0.5) is 4.79 Å². The summed E-state index contributed by atoms with van der Waals surface area (Å²) in [4.78, 5) is 24.4. The number of ether oxygens (including phenoxy) is 2. The molecule has 2 aliphatic carbocycles. The van der Waals surface area contributed by atoms with Gasteiger partial charge in [-0.2, -0.15) is 0 Å². The third-order valence-corrected chi connectivity index (χ3v) is 7.49. The Labute approximate surface area is 207 Å². The van der Waals surface area contributed by atoms with Crippen molar-refractivity contribution in [3.63, 3.8) is 0 Å². The van der Waals surface area contributed by atoms with Gasteiger partial charge in [-0.15, -0.1) is 5.92 Å². The number of nitrogens with zero attached hydrogens (tertiary/aromatic N) is 1. The Hall–Kier alpha value is -3.30. The Morgan fingerprint density at radius 3 is 2.60 bits per heavy atom. The van der Waals surface area contributed by atoms with E-state index in [9.17, 15) is 14.7 Å². The molecule has 1 N–H and O–H groups in total. The van der Waals surface area contributed by atoms with Crippen LogP contribution in [0.1, 0.15) is 60.5 Å². The SMILES string of the molecule is CC#C[C@@]1(O)CC[C@]2(CCOc3ccc(C=O)cc3)c3ccc(OC(=O)N(C)C)cc3CC[C@H]2C1. The van der Waals surface area contributed by atoms with E-state index in [1.807, 2.05) is 24.3 Å². The predicted molar refractivity (Wildman–Crippen MR) is 134 cm³/mol. The van der Waals surface area contributed by atoms with Gasteiger partial charge in [0.05, 0.1) is 6.61 Å². The third kappa shape index (κ3) is 5.21. The number of rotatable bonds is 6. The van der Waals surface area contributed by atoms with Crippen LogP contribution in [0.3, 0.4) is 0 Å². The maximum absolute atomic E-state index is 12.0. The van der Waals surface area contributed by atoms with Crippen LogP contribution in [0.15, 0.2) is 42.5 Å². The molecular weight excluding hydrogens is 442 g/mol. The van der Waals surface area contributed by atoms with E-state index in [1.54, 1.807) is 33.2 Å². The number of fused-ring (bicyclic) bond motifs is 3. The number of hydrogen-bond acceptors (Lipinski definition) is 5. The van der Waals surface area contributed by atoms with Crippen LogP contribution >= 0.6 is 0 Å². The average molecular weight is 476 g/mol. The van der Waals surface area contributed by atoms with Crippen molar-refractivity contribution in [1.29, 1.82) is 0 Å². The average Bonchev–Trinajstić information content (AvgIpc) is 2.84. The second-order valence-electron chi connectivity index (χ2n) is 9.87. The predicted octanol–water partition coefficient (Wildman–Crippen LogP) is 4.77. The lowest BCUT2D eigenvalue weighted by Gasteiger charge is -2.52. The first-order chi connectivity index (χ1) is 16.8. The Kier molecular flexibility index (Phi) is 7.18. The van der Waals surface area contributed by atoms with E-state index < -0.39 is 11.7 Å². The van der Waals surface area contributed by atoms with Gasteiger partial charge in [0.2, 0.25) is 0 Å². The highest BCUT2D eigenvalue weighted by molar-refractivity contribution is 5.74. The zero-order chi connectivity index (χ0) is 25.1. The highest BCUT2D eigenvalue weighted by Gasteiger charge is 2.51. The van der Waals surface area contributed by atoms with Crippen LogP contribution in [-0.2, 0) is 11.8 Å². The number of amides is 1. The second-order valence-corrected chi connectivity index (χ2v) is 9.87. The van der Waals surface area contributed by atoms with Crippen molar-refractivity contribution < 1.29 is 24.2 Å². The van der Waals surface area contributed by atoms with E-state index in [0.717, 1.165) is 37.7 Å². The number of carbonyl (C=O) groups is 2. The summed E-state index contributed by atoms with van der Waals surface area (Å²) in [7, 11) is 3.32. The molecule has 2 aromatic rings. The van der Waals surface area contributed by atoms with Crippen molar-refractivity contribution in [3.05, 3.63) is 59.2 Å². The molecule has 1 fully saturated rings. The van der Waals surface area contributed by atoms with E-state index in [4.69, 9.17) is 9.47 Å². The Balaban J connectivity index is 1.60. The Morgan fingerprint density at radius 1 is 1.17 bits per heavy atom. The summed E-state index contributed by atoms with van der Waals surface area (Å²) in [5, 5.41) is 11.1. The highest BCUT2D eigenvalue weighted by atomic mass is 16.6. The number of aryl methyl sites for hydroxylation is 1. The molecule has 184 valence electrons. The lowest BCUT2D eigenvalue weighted by molar-refractivity contribution is -0.0143. The largest absolute Gasteiger partial charge is 0.494 e. The molecule has 6 nitrogen and oxygen atoms in total. The van der Waals surface area contributed by atoms with Crippen LogP contribution in [0.25, 0.3) is 0 Å². The van der Waals surface area contributed by atoms with Crippen molar-refractivity contribution in [2.45, 2.75) is 56.5 Å². The zero-order valence-corrected chi connectivity index (χ0v) is 20.7. The summed E-state index contributed by atoms with van der Waals surface area (Å²) < 4.78 is 11.6. The minimum Gasteiger partial charge on any atom is -0.494 e. The standard InChI is InChI=1S/C29H33NO5/c1-4-13-28(33)14-15-29(16-17-34-24-9-5-21(20-31)6-10-24)23(19-28)8-7-22-18-25(11-12-26(22)29)35-27(32)30(2)3/h5-6,9-12,18,20,23,33H,7-8,14-17,19H2,1-3H3/t23-,28+,29+/m0/s1. The molecule has 2 aliphatic rings. The fourth-order valence-corrected chi connectivity index (χ4v) is 5.72. The zero-order valence-electron chi connectivity index (χ0n) is 20.7. The number of aliphatic hydroxyl groups is 1. The van der Waals surface area contributed by atoms with E-state index in [-0.39, 0.29) is 11.3 Å². The molecule has 0 aliphatic heterocycles. The van der Waals surface area contributed by atoms with E-state index in [2.05, 4.69) is 17.9 Å². The van der Waals surface area contributed by atoms with Gasteiger partial charge in [0.25, 0.3) is 0 Å². The summed E-state index contributed by atoms with van der Waals surface area (Å²) >= 11 is 0. The van der Waals surface area contributed by atoms with Gasteiger partial charge in [-0.3, -0.25) is 4.79 Å². The molecule has 3 atom stereocenters. The lowest BCUT2D eigenvalue weighted by Crippen LogP contribution is -2.50. The van der Waals surface area contributed by atoms with Gasteiger partial charge in [-0.05, 0) is 98.9 Å². The molecule has 0 radical (unpaired) electrons. The molecule has 0 unspecified atom stereocenters. The highest BCUT2D eigenvalue weighted by Crippen LogP contribution is 2.54. The number of hydrogen-bond donors (Lipinski definition) is 1.